The second-order valence-electron chi connectivity index (χ2n) is 6.34. The number of nitrogens with one attached hydrogen (secondary N) is 1. The number of anilines is 1. The van der Waals surface area contributed by atoms with Crippen LogP contribution < -0.4 is 4.72 Å². The van der Waals surface area contributed by atoms with Crippen LogP contribution in [-0.4, -0.2) is 22.5 Å². The molecule has 134 valence electrons. The molecule has 0 radical (unpaired) electrons. The second-order valence-corrected chi connectivity index (χ2v) is 7.97. The highest BCUT2D eigenvalue weighted by atomic mass is 32.2. The quantitative estimate of drug-likeness (QED) is 0.598. The van der Waals surface area contributed by atoms with Gasteiger partial charge in [-0.3, -0.25) is 4.72 Å². The van der Waals surface area contributed by atoms with Gasteiger partial charge in [0.15, 0.2) is 5.03 Å². The summed E-state index contributed by atoms with van der Waals surface area (Å²) in [5.41, 5.74) is 2.76. The van der Waals surface area contributed by atoms with E-state index in [2.05, 4.69) is 33.3 Å². The highest BCUT2D eigenvalue weighted by Gasteiger charge is 2.19. The average molecular weight is 368 g/mol. The fourth-order valence-electron chi connectivity index (χ4n) is 3.32. The van der Waals surface area contributed by atoms with Crippen LogP contribution in [0.2, 0.25) is 0 Å². The van der Waals surface area contributed by atoms with Gasteiger partial charge in [0.05, 0.1) is 0 Å². The van der Waals surface area contributed by atoms with Gasteiger partial charge in [-0.25, -0.2) is 4.98 Å². The molecule has 0 aliphatic rings. The van der Waals surface area contributed by atoms with Gasteiger partial charge in [0.1, 0.15) is 5.82 Å². The predicted molar refractivity (Wildman–Crippen MR) is 104 cm³/mol. The van der Waals surface area contributed by atoms with Gasteiger partial charge in [0, 0.05) is 47.3 Å². The van der Waals surface area contributed by atoms with Crippen LogP contribution in [-0.2, 0) is 23.6 Å². The van der Waals surface area contributed by atoms with Gasteiger partial charge in [0.2, 0.25) is 0 Å². The maximum atomic E-state index is 12.6. The Labute approximate surface area is 152 Å². The normalized spacial score (nSPS) is 12.1. The molecule has 1 N–H and O–H groups in total. The Hall–Kier alpha value is -2.80. The minimum atomic E-state index is -3.72. The van der Waals surface area contributed by atoms with Crippen molar-refractivity contribution in [2.45, 2.75) is 25.4 Å². The van der Waals surface area contributed by atoms with Gasteiger partial charge in [-0.2, -0.15) is 8.42 Å². The molecule has 4 aromatic rings. The lowest BCUT2D eigenvalue weighted by molar-refractivity contribution is 0.598. The fraction of sp³-hybridized carbons (Fsp3) is 0.211. The third kappa shape index (κ3) is 2.55. The van der Waals surface area contributed by atoms with Crippen molar-refractivity contribution in [2.24, 2.45) is 7.05 Å². The molecule has 2 heterocycles. The summed E-state index contributed by atoms with van der Waals surface area (Å²) >= 11 is 0. The molecule has 7 heteroatoms. The first-order valence-corrected chi connectivity index (χ1v) is 9.93. The smallest absolute Gasteiger partial charge is 0.280 e. The highest BCUT2D eigenvalue weighted by molar-refractivity contribution is 7.92. The van der Waals surface area contributed by atoms with Crippen molar-refractivity contribution in [2.75, 3.05) is 4.72 Å². The summed E-state index contributed by atoms with van der Waals surface area (Å²) in [6.45, 7) is 4.72. The van der Waals surface area contributed by atoms with Crippen LogP contribution in [0.15, 0.2) is 53.7 Å². The van der Waals surface area contributed by atoms with Gasteiger partial charge in [0.25, 0.3) is 10.0 Å². The van der Waals surface area contributed by atoms with E-state index >= 15 is 0 Å². The zero-order valence-corrected chi connectivity index (χ0v) is 15.7. The molecule has 0 amide bonds. The van der Waals surface area contributed by atoms with Crippen LogP contribution in [0, 0.1) is 6.92 Å². The lowest BCUT2D eigenvalue weighted by Crippen LogP contribution is -2.13. The Morgan fingerprint density at radius 1 is 1.08 bits per heavy atom. The minimum Gasteiger partial charge on any atom is -0.341 e. The summed E-state index contributed by atoms with van der Waals surface area (Å²) in [6, 6.07) is 13.8. The fourth-order valence-corrected chi connectivity index (χ4v) is 4.41. The van der Waals surface area contributed by atoms with Crippen LogP contribution in [0.3, 0.4) is 0 Å². The Balaban J connectivity index is 1.82. The number of rotatable bonds is 4. The molecule has 0 bridgehead atoms. The maximum absolute atomic E-state index is 12.6. The van der Waals surface area contributed by atoms with Gasteiger partial charge in [-0.1, -0.05) is 18.2 Å². The first-order valence-electron chi connectivity index (χ1n) is 8.44. The van der Waals surface area contributed by atoms with Crippen LogP contribution in [0.5, 0.6) is 0 Å². The summed E-state index contributed by atoms with van der Waals surface area (Å²) in [4.78, 5) is 4.12. The third-order valence-electron chi connectivity index (χ3n) is 4.70. The molecule has 0 unspecified atom stereocenters. The molecule has 4 rings (SSSR count). The standard InChI is InChI=1S/C19H20N4O2S/c1-4-23-17-8-6-5-7-15(17)16-11-14(9-10-18(16)23)21-26(24,25)19-12-22(3)13(2)20-19/h5-12,21H,4H2,1-3H3. The van der Waals surface area contributed by atoms with Crippen molar-refractivity contribution in [1.29, 1.82) is 0 Å². The van der Waals surface area contributed by atoms with Crippen molar-refractivity contribution in [3.05, 3.63) is 54.5 Å². The molecule has 2 aromatic carbocycles. The van der Waals surface area contributed by atoms with E-state index < -0.39 is 10.0 Å². The van der Waals surface area contributed by atoms with Crippen LogP contribution in [0.25, 0.3) is 21.8 Å². The lowest BCUT2D eigenvalue weighted by atomic mass is 10.1. The Bertz CT molecular complexity index is 1220. The number of nitrogens with zero attached hydrogens (tertiary/aromatic N) is 3. The average Bonchev–Trinajstić information content (AvgIpc) is 3.12. The summed E-state index contributed by atoms with van der Waals surface area (Å²) in [5.74, 6) is 0.645. The van der Waals surface area contributed by atoms with Gasteiger partial charge >= 0.3 is 0 Å². The summed E-state index contributed by atoms with van der Waals surface area (Å²) in [5, 5.41) is 2.16. The van der Waals surface area contributed by atoms with Gasteiger partial charge < -0.3 is 9.13 Å². The van der Waals surface area contributed by atoms with E-state index in [1.807, 2.05) is 24.3 Å². The topological polar surface area (TPSA) is 68.9 Å². The van der Waals surface area contributed by atoms with Crippen molar-refractivity contribution >= 4 is 37.5 Å². The number of benzene rings is 2. The molecule has 0 saturated carbocycles. The van der Waals surface area contributed by atoms with Crippen LogP contribution in [0.4, 0.5) is 5.69 Å². The highest BCUT2D eigenvalue weighted by Crippen LogP contribution is 2.31. The Kier molecular flexibility index (Phi) is 3.77. The van der Waals surface area contributed by atoms with E-state index in [0.29, 0.717) is 11.5 Å². The van der Waals surface area contributed by atoms with E-state index in [1.165, 1.54) is 6.20 Å². The predicted octanol–water partition coefficient (Wildman–Crippen LogP) is 3.66. The SMILES string of the molecule is CCn1c2ccccc2c2cc(NS(=O)(=O)c3cn(C)c(C)n3)ccc21. The van der Waals surface area contributed by atoms with E-state index in [1.54, 1.807) is 24.6 Å². The molecule has 2 aromatic heterocycles. The number of aryl methyl sites for hydroxylation is 3. The summed E-state index contributed by atoms with van der Waals surface area (Å²) < 4.78 is 31.8. The van der Waals surface area contributed by atoms with Crippen molar-refractivity contribution in [1.82, 2.24) is 14.1 Å². The first-order chi connectivity index (χ1) is 12.4. The molecule has 26 heavy (non-hydrogen) atoms. The zero-order chi connectivity index (χ0) is 18.5. The summed E-state index contributed by atoms with van der Waals surface area (Å²) in [7, 11) is -1.95. The van der Waals surface area contributed by atoms with E-state index in [0.717, 1.165) is 28.4 Å². The molecule has 6 nitrogen and oxygen atoms in total. The monoisotopic (exact) mass is 368 g/mol. The molecular formula is C19H20N4O2S. The van der Waals surface area contributed by atoms with Gasteiger partial charge in [-0.05, 0) is 38.1 Å². The number of hydrogen-bond acceptors (Lipinski definition) is 3. The number of aromatic nitrogens is 3. The van der Waals surface area contributed by atoms with Crippen molar-refractivity contribution < 1.29 is 8.42 Å². The van der Waals surface area contributed by atoms with Gasteiger partial charge in [-0.15, -0.1) is 0 Å². The lowest BCUT2D eigenvalue weighted by Gasteiger charge is -2.07. The van der Waals surface area contributed by atoms with Crippen molar-refractivity contribution in [3.63, 3.8) is 0 Å². The molecule has 0 fully saturated rings. The Morgan fingerprint density at radius 2 is 1.81 bits per heavy atom. The number of para-hydroxylation sites is 1. The molecule has 0 saturated heterocycles. The van der Waals surface area contributed by atoms with Crippen LogP contribution in [0.1, 0.15) is 12.7 Å². The van der Waals surface area contributed by atoms with E-state index in [9.17, 15) is 8.42 Å². The first kappa shape index (κ1) is 16.7. The minimum absolute atomic E-state index is 0.0218. The number of sulfonamides is 1. The largest absolute Gasteiger partial charge is 0.341 e. The molecule has 0 atom stereocenters. The van der Waals surface area contributed by atoms with Crippen molar-refractivity contribution in [3.8, 4) is 0 Å². The number of hydrogen-bond donors (Lipinski definition) is 1. The molecule has 0 aliphatic carbocycles. The van der Waals surface area contributed by atoms with E-state index in [-0.39, 0.29) is 5.03 Å². The third-order valence-corrected chi connectivity index (χ3v) is 5.95. The number of fused-ring (bicyclic) bond motifs is 3. The zero-order valence-electron chi connectivity index (χ0n) is 14.9. The number of imidazole rings is 1. The molecule has 0 aliphatic heterocycles. The summed E-state index contributed by atoms with van der Waals surface area (Å²) in [6.07, 6.45) is 1.51. The van der Waals surface area contributed by atoms with Crippen LogP contribution >= 0.6 is 0 Å². The molecule has 0 spiro atoms. The molecular weight excluding hydrogens is 348 g/mol. The maximum Gasteiger partial charge on any atom is 0.280 e. The second kappa shape index (κ2) is 5.88. The van der Waals surface area contributed by atoms with E-state index in [4.69, 9.17) is 0 Å². The Morgan fingerprint density at radius 3 is 2.50 bits per heavy atom.